The van der Waals surface area contributed by atoms with E-state index in [0.717, 1.165) is 13.1 Å². The minimum Gasteiger partial charge on any atom is -0.370 e. The van der Waals surface area contributed by atoms with Gasteiger partial charge in [0.2, 0.25) is 5.91 Å². The van der Waals surface area contributed by atoms with E-state index in [0.29, 0.717) is 0 Å². The monoisotopic (exact) mass is 186 g/mol. The highest BCUT2D eigenvalue weighted by Gasteiger charge is 2.21. The van der Waals surface area contributed by atoms with Crippen molar-refractivity contribution in [3.8, 4) is 0 Å². The summed E-state index contributed by atoms with van der Waals surface area (Å²) in [4.78, 5) is 23.8. The Morgan fingerprint density at radius 2 is 1.77 bits per heavy atom. The highest BCUT2D eigenvalue weighted by Crippen LogP contribution is 2.04. The van der Waals surface area contributed by atoms with E-state index in [1.54, 1.807) is 0 Å². The Kier molecular flexibility index (Phi) is 5.30. The smallest absolute Gasteiger partial charge is 0.219 e. The van der Waals surface area contributed by atoms with Gasteiger partial charge in [-0.2, -0.15) is 0 Å². The molecule has 0 saturated heterocycles. The second kappa shape index (κ2) is 5.70. The van der Waals surface area contributed by atoms with E-state index in [4.69, 9.17) is 5.73 Å². The van der Waals surface area contributed by atoms with Gasteiger partial charge in [0.05, 0.1) is 6.04 Å². The maximum Gasteiger partial charge on any atom is 0.219 e. The number of hydrogen-bond donors (Lipinski definition) is 1. The van der Waals surface area contributed by atoms with E-state index >= 15 is 0 Å². The summed E-state index contributed by atoms with van der Waals surface area (Å²) in [6.45, 7) is 6.93. The summed E-state index contributed by atoms with van der Waals surface area (Å²) in [5, 5.41) is 0. The molecule has 0 saturated carbocycles. The fraction of sp³-hybridized carbons (Fsp3) is 0.778. The Labute approximate surface area is 79.1 Å². The van der Waals surface area contributed by atoms with Gasteiger partial charge in [0, 0.05) is 6.42 Å². The van der Waals surface area contributed by atoms with Crippen LogP contribution in [0.1, 0.15) is 27.2 Å². The number of hydrogen-bond acceptors (Lipinski definition) is 3. The summed E-state index contributed by atoms with van der Waals surface area (Å²) < 4.78 is 0. The Bertz CT molecular complexity index is 188. The molecule has 0 aromatic heterocycles. The number of amides is 1. The summed E-state index contributed by atoms with van der Waals surface area (Å²) in [6, 6.07) is -0.340. The molecule has 4 nitrogen and oxygen atoms in total. The number of Topliss-reactive ketones (excluding diaryl/α,β-unsaturated/α-hetero) is 1. The van der Waals surface area contributed by atoms with Crippen LogP contribution in [0.2, 0.25) is 0 Å². The third kappa shape index (κ3) is 4.03. The van der Waals surface area contributed by atoms with E-state index in [-0.39, 0.29) is 18.2 Å². The van der Waals surface area contributed by atoms with Crippen LogP contribution in [0.15, 0.2) is 0 Å². The predicted molar refractivity (Wildman–Crippen MR) is 51.2 cm³/mol. The van der Waals surface area contributed by atoms with Crippen LogP contribution in [0, 0.1) is 0 Å². The number of rotatable bonds is 6. The van der Waals surface area contributed by atoms with Crippen molar-refractivity contribution in [2.75, 3.05) is 13.1 Å². The summed E-state index contributed by atoms with van der Waals surface area (Å²) in [5.74, 6) is -0.422. The lowest BCUT2D eigenvalue weighted by molar-refractivity contribution is -0.127. The van der Waals surface area contributed by atoms with Gasteiger partial charge in [-0.25, -0.2) is 0 Å². The molecule has 0 spiro atoms. The number of nitrogens with zero attached hydrogens (tertiary/aromatic N) is 1. The van der Waals surface area contributed by atoms with Crippen molar-refractivity contribution in [3.63, 3.8) is 0 Å². The summed E-state index contributed by atoms with van der Waals surface area (Å²) in [6.07, 6.45) is 0.122. The molecule has 1 amide bonds. The molecule has 2 N–H and O–H groups in total. The van der Waals surface area contributed by atoms with Gasteiger partial charge in [0.25, 0.3) is 0 Å². The predicted octanol–water partition coefficient (Wildman–Crippen LogP) is 0.161. The van der Waals surface area contributed by atoms with Gasteiger partial charge in [0.1, 0.15) is 5.78 Å². The molecular weight excluding hydrogens is 168 g/mol. The van der Waals surface area contributed by atoms with E-state index in [2.05, 4.69) is 0 Å². The number of primary amides is 1. The minimum absolute atomic E-state index is 0.00231. The van der Waals surface area contributed by atoms with Crippen molar-refractivity contribution >= 4 is 11.7 Å². The molecule has 76 valence electrons. The third-order valence-electron chi connectivity index (χ3n) is 2.12. The van der Waals surface area contributed by atoms with Crippen LogP contribution in [0.25, 0.3) is 0 Å². The van der Waals surface area contributed by atoms with Crippen molar-refractivity contribution < 1.29 is 9.59 Å². The van der Waals surface area contributed by atoms with Crippen LogP contribution < -0.4 is 5.73 Å². The van der Waals surface area contributed by atoms with Gasteiger partial charge < -0.3 is 5.73 Å². The van der Waals surface area contributed by atoms with Gasteiger partial charge in [0.15, 0.2) is 0 Å². The number of carbonyl (C=O) groups is 2. The molecule has 0 bridgehead atoms. The van der Waals surface area contributed by atoms with E-state index in [1.165, 1.54) is 6.92 Å². The lowest BCUT2D eigenvalue weighted by Gasteiger charge is -2.26. The quantitative estimate of drug-likeness (QED) is 0.642. The lowest BCUT2D eigenvalue weighted by Crippen LogP contribution is -2.42. The van der Waals surface area contributed by atoms with Gasteiger partial charge in [-0.15, -0.1) is 0 Å². The first kappa shape index (κ1) is 12.1. The van der Waals surface area contributed by atoms with E-state index in [9.17, 15) is 9.59 Å². The topological polar surface area (TPSA) is 63.4 Å². The lowest BCUT2D eigenvalue weighted by atomic mass is 10.1. The highest BCUT2D eigenvalue weighted by atomic mass is 16.1. The first-order valence-electron chi connectivity index (χ1n) is 4.55. The van der Waals surface area contributed by atoms with Crippen LogP contribution in [-0.2, 0) is 9.59 Å². The number of ketones is 1. The molecule has 0 heterocycles. The zero-order valence-electron chi connectivity index (χ0n) is 8.54. The van der Waals surface area contributed by atoms with Gasteiger partial charge in [-0.05, 0) is 20.0 Å². The van der Waals surface area contributed by atoms with E-state index < -0.39 is 5.91 Å². The summed E-state index contributed by atoms with van der Waals surface area (Å²) in [7, 11) is 0. The molecule has 0 unspecified atom stereocenters. The summed E-state index contributed by atoms with van der Waals surface area (Å²) in [5.41, 5.74) is 5.06. The summed E-state index contributed by atoms with van der Waals surface area (Å²) >= 11 is 0. The molecule has 0 radical (unpaired) electrons. The van der Waals surface area contributed by atoms with Crippen molar-refractivity contribution in [2.24, 2.45) is 5.73 Å². The second-order valence-electron chi connectivity index (χ2n) is 3.02. The first-order chi connectivity index (χ1) is 6.02. The molecule has 4 heteroatoms. The normalized spacial score (nSPS) is 12.9. The van der Waals surface area contributed by atoms with Gasteiger partial charge >= 0.3 is 0 Å². The van der Waals surface area contributed by atoms with Crippen LogP contribution in [0.3, 0.4) is 0 Å². The number of nitrogens with two attached hydrogens (primary N) is 1. The van der Waals surface area contributed by atoms with Crippen LogP contribution in [0.5, 0.6) is 0 Å². The van der Waals surface area contributed by atoms with Crippen LogP contribution >= 0.6 is 0 Å². The van der Waals surface area contributed by atoms with Gasteiger partial charge in [-0.3, -0.25) is 14.5 Å². The maximum atomic E-state index is 11.2. The largest absolute Gasteiger partial charge is 0.370 e. The van der Waals surface area contributed by atoms with Crippen LogP contribution in [-0.4, -0.2) is 35.7 Å². The Morgan fingerprint density at radius 1 is 1.31 bits per heavy atom. The standard InChI is InChI=1S/C9H18N2O2/c1-4-11(5-2)8(7(3)12)6-9(10)13/h8H,4-6H2,1-3H3,(H2,10,13)/t8-/m0/s1. The zero-order chi connectivity index (χ0) is 10.4. The Hall–Kier alpha value is -0.900. The minimum atomic E-state index is -0.424. The van der Waals surface area contributed by atoms with Crippen molar-refractivity contribution in [1.82, 2.24) is 4.90 Å². The SMILES string of the molecule is CCN(CC)[C@@H](CC(N)=O)C(C)=O. The van der Waals surface area contributed by atoms with Crippen molar-refractivity contribution in [2.45, 2.75) is 33.2 Å². The molecule has 1 atom stereocenters. The van der Waals surface area contributed by atoms with Gasteiger partial charge in [-0.1, -0.05) is 13.8 Å². The molecule has 0 rings (SSSR count). The van der Waals surface area contributed by atoms with Crippen molar-refractivity contribution in [1.29, 1.82) is 0 Å². The molecule has 0 aromatic carbocycles. The molecule has 0 fully saturated rings. The molecule has 0 aliphatic rings. The fourth-order valence-corrected chi connectivity index (χ4v) is 1.38. The Morgan fingerprint density at radius 3 is 2.00 bits per heavy atom. The maximum absolute atomic E-state index is 11.2. The molecule has 0 aromatic rings. The Balaban J connectivity index is 4.38. The second-order valence-corrected chi connectivity index (χ2v) is 3.02. The third-order valence-corrected chi connectivity index (χ3v) is 2.12. The number of carbonyl (C=O) groups excluding carboxylic acids is 2. The number of likely N-dealkylation sites (N-methyl/N-ethyl adjacent to an activating group) is 1. The average molecular weight is 186 g/mol. The van der Waals surface area contributed by atoms with Crippen molar-refractivity contribution in [3.05, 3.63) is 0 Å². The zero-order valence-corrected chi connectivity index (χ0v) is 8.54. The van der Waals surface area contributed by atoms with E-state index in [1.807, 2.05) is 18.7 Å². The molecule has 0 aliphatic carbocycles. The molecule has 13 heavy (non-hydrogen) atoms. The average Bonchev–Trinajstić information content (AvgIpc) is 2.04. The molecule has 0 aliphatic heterocycles. The van der Waals surface area contributed by atoms with Crippen LogP contribution in [0.4, 0.5) is 0 Å². The first-order valence-corrected chi connectivity index (χ1v) is 4.55. The highest BCUT2D eigenvalue weighted by molar-refractivity contribution is 5.87. The molecular formula is C9H18N2O2. The fourth-order valence-electron chi connectivity index (χ4n) is 1.38.